The van der Waals surface area contributed by atoms with Gasteiger partial charge in [0.1, 0.15) is 65.1 Å². The number of benzene rings is 2. The number of cyclic esters (lactones) is 1. The number of aromatic nitrogens is 1. The van der Waals surface area contributed by atoms with E-state index in [0.29, 0.717) is 167 Å². The molecule has 724 valence electrons. The number of nitrogens with two attached hydrogens (primary N) is 1. The molecule has 5 aliphatic rings. The van der Waals surface area contributed by atoms with E-state index in [0.717, 1.165) is 28.3 Å². The molecule has 130 heavy (non-hydrogen) atoms. The average Bonchev–Trinajstić information content (AvgIpc) is 1.28. The molecule has 8 rings (SSSR count). The highest BCUT2D eigenvalue weighted by molar-refractivity contribution is 7.91. The smallest absolute Gasteiger partial charge is 0.329 e. The van der Waals surface area contributed by atoms with Gasteiger partial charge in [0, 0.05) is 107 Å². The Labute approximate surface area is 770 Å². The van der Waals surface area contributed by atoms with Gasteiger partial charge in [-0.1, -0.05) is 77.1 Å². The van der Waals surface area contributed by atoms with E-state index in [1.165, 1.54) is 29.9 Å². The first-order valence-corrected chi connectivity index (χ1v) is 47.5. The Balaban J connectivity index is 0.645. The standard InChI is InChI=1S/C95H139FN6O26S2/c1-62-17-13-12-14-18-63(2)80(114-9)58-74-24-20-68(7)95(111,128-74)90(107)92(109)102-33-16-15-19-76(102)93(110)126-81(59-77(103)64(3)54-67(6)88(106)89(116-11)87(105)66(5)53-62)65(4)55-70-21-26-79(82(56-70)115-10)127-94(129)99-31-36-118-39-41-120-43-45-122-47-49-124-51-50-123-48-46-121-44-42-119-40-38-117-35-30-85(104)98-32-52-130(112,113)83-28-25-75(69(8)86(83)96)91(108)101-34-37-125-78-27-22-71(57-73(78)61-101)72-23-29-84(97)100-60-72/h12-14,17-18,22-23,25,27-29,54,57,60,62,64-66,68,70,74,76,79-82,88-89,106,111H,15-16,19-21,24,26,30-53,55-56,58-59,61H2,1-11H3,(H2,97,100)(H,98,104)(H,99,129)/b14-12+,17-13+,63-18+,67-54+/t62-,64-,65-,66-,68-,70+,74+,76+,79-,80+,81+,82-,88-,89+,95-/m1/s1. The summed E-state index contributed by atoms with van der Waals surface area (Å²) in [7, 11) is 0.361. The zero-order valence-electron chi connectivity index (χ0n) is 77.4. The zero-order chi connectivity index (χ0) is 94.3. The number of pyridine rings is 1. The first-order valence-electron chi connectivity index (χ1n) is 45.5. The molecule has 3 fully saturated rings. The number of fused-ring (bicyclic) bond motifs is 4. The van der Waals surface area contributed by atoms with Gasteiger partial charge in [-0.25, -0.2) is 22.6 Å². The number of ketones is 3. The summed E-state index contributed by atoms with van der Waals surface area (Å²) in [6.45, 7) is 19.9. The second kappa shape index (κ2) is 55.7. The molecule has 1 aromatic heterocycles. The molecule has 2 aromatic carbocycles. The number of ether oxygens (including phenoxy) is 15. The number of aliphatic hydroxyl groups is 2. The maximum absolute atomic E-state index is 15.8. The third-order valence-corrected chi connectivity index (χ3v) is 26.3. The molecular weight excluding hydrogens is 1720 g/mol. The van der Waals surface area contributed by atoms with Gasteiger partial charge in [0.15, 0.2) is 15.6 Å². The van der Waals surface area contributed by atoms with Gasteiger partial charge in [0.25, 0.3) is 22.8 Å². The van der Waals surface area contributed by atoms with Crippen molar-refractivity contribution in [2.45, 2.75) is 205 Å². The first kappa shape index (κ1) is 107. The van der Waals surface area contributed by atoms with Gasteiger partial charge in [0.2, 0.25) is 11.7 Å². The van der Waals surface area contributed by atoms with E-state index in [4.69, 9.17) is 89.0 Å². The number of methoxy groups -OCH3 is 3. The molecule has 3 aromatic rings. The molecule has 15 atom stereocenters. The number of allylic oxidation sites excluding steroid dienone is 6. The van der Waals surface area contributed by atoms with E-state index in [-0.39, 0.29) is 130 Å². The number of Topliss-reactive ketones (excluding diaryl/α,β-unsaturated/α-hetero) is 3. The molecular formula is C95H139FN6O26S2. The van der Waals surface area contributed by atoms with Gasteiger partial charge in [-0.2, -0.15) is 0 Å². The van der Waals surface area contributed by atoms with Crippen LogP contribution in [0.25, 0.3) is 11.1 Å². The number of carbonyl (C=O) groups is 7. The Kier molecular flexibility index (Phi) is 46.0. The molecule has 5 heterocycles. The molecule has 1 aliphatic carbocycles. The second-order valence-corrected chi connectivity index (χ2v) is 36.6. The largest absolute Gasteiger partial charge is 0.491 e. The second-order valence-electron chi connectivity index (χ2n) is 34.1. The van der Waals surface area contributed by atoms with E-state index in [2.05, 4.69) is 15.6 Å². The summed E-state index contributed by atoms with van der Waals surface area (Å²) in [5, 5.41) is 29.6. The monoisotopic (exact) mass is 1860 g/mol. The number of halogens is 1. The minimum Gasteiger partial charge on any atom is -0.491 e. The SMILES string of the molecule is CO[C@H]1C[C@@H]2CC[C@@H](C)[C@@](O)(O2)C(=O)C(=O)N2CCCC[C@H]2C(=O)O[C@H]([C@H](C)C[C@@H]2CC[C@@H](OC(=S)NCCOCCOCCOCCOCCOCCOCCOCCOCCC(=O)NCCS(=O)(=O)c3ccc(C(=O)N4CCOc5ccc(-c6ccc(N)nc6)cc5C4)c(C)c3F)[C@H](OC)C2)CC(=O)[C@H](C)/C=C(\C)[C@@H](O)[C@@H](OC)C(=O)[C@H](C)C[C@H](C)/C=C/C=C/C=C/1C. The van der Waals surface area contributed by atoms with Crippen LogP contribution in [0.3, 0.4) is 0 Å². The van der Waals surface area contributed by atoms with Crippen LogP contribution in [-0.2, 0) is 111 Å². The molecule has 32 nitrogen and oxygen atoms in total. The molecule has 0 unspecified atom stereocenters. The maximum Gasteiger partial charge on any atom is 0.329 e. The number of nitrogens with one attached hydrogen (secondary N) is 2. The van der Waals surface area contributed by atoms with Crippen LogP contribution in [0.1, 0.15) is 153 Å². The van der Waals surface area contributed by atoms with Gasteiger partial charge < -0.3 is 107 Å². The van der Waals surface area contributed by atoms with Crippen LogP contribution in [0.2, 0.25) is 0 Å². The maximum atomic E-state index is 15.8. The number of hydrogen-bond acceptors (Lipinski definition) is 29. The highest BCUT2D eigenvalue weighted by Crippen LogP contribution is 2.40. The molecule has 4 aliphatic heterocycles. The fourth-order valence-corrected chi connectivity index (χ4v) is 18.1. The number of rotatable bonds is 40. The molecule has 0 spiro atoms. The van der Waals surface area contributed by atoms with Crippen molar-refractivity contribution in [1.82, 2.24) is 25.4 Å². The molecule has 0 radical (unpaired) electrons. The Morgan fingerprint density at radius 2 is 1.36 bits per heavy atom. The number of thiocarbonyl (C=S) groups is 1. The molecule has 1 saturated carbocycles. The Morgan fingerprint density at radius 1 is 0.715 bits per heavy atom. The number of hydrogen-bond donors (Lipinski definition) is 5. The van der Waals surface area contributed by atoms with Crippen molar-refractivity contribution in [1.29, 1.82) is 0 Å². The number of sulfone groups is 1. The average molecular weight is 1860 g/mol. The van der Waals surface area contributed by atoms with Gasteiger partial charge in [-0.15, -0.1) is 0 Å². The van der Waals surface area contributed by atoms with E-state index in [1.807, 2.05) is 75.4 Å². The lowest BCUT2D eigenvalue weighted by Gasteiger charge is -2.42. The Bertz CT molecular complexity index is 4370. The van der Waals surface area contributed by atoms with E-state index >= 15 is 4.39 Å². The number of esters is 1. The molecule has 6 N–H and O–H groups in total. The number of piperidine rings is 1. The number of anilines is 1. The lowest BCUT2D eigenvalue weighted by Crippen LogP contribution is -2.61. The van der Waals surface area contributed by atoms with Crippen LogP contribution in [0.5, 0.6) is 5.75 Å². The number of nitrogen functional groups attached to an aromatic ring is 1. The van der Waals surface area contributed by atoms with Crippen molar-refractivity contribution in [3.05, 3.63) is 119 Å². The summed E-state index contributed by atoms with van der Waals surface area (Å²) in [5.74, 6) is -10.0. The molecule has 2 bridgehead atoms. The normalized spacial score (nSPS) is 26.6. The number of carbonyl (C=O) groups excluding carboxylic acids is 7. The van der Waals surface area contributed by atoms with Crippen LogP contribution in [0.4, 0.5) is 10.2 Å². The summed E-state index contributed by atoms with van der Waals surface area (Å²) in [5.41, 5.74) is 9.30. The van der Waals surface area contributed by atoms with Gasteiger partial charge in [-0.05, 0) is 174 Å². The quantitative estimate of drug-likeness (QED) is 0.0116. The summed E-state index contributed by atoms with van der Waals surface area (Å²) in [4.78, 5) is 105. The van der Waals surface area contributed by atoms with Gasteiger partial charge >= 0.3 is 5.97 Å². The van der Waals surface area contributed by atoms with E-state index < -0.39 is 122 Å². The van der Waals surface area contributed by atoms with Crippen molar-refractivity contribution in [3.63, 3.8) is 0 Å². The summed E-state index contributed by atoms with van der Waals surface area (Å²) >= 11 is 5.60. The molecule has 35 heteroatoms. The highest BCUT2D eigenvalue weighted by atomic mass is 32.2. The van der Waals surface area contributed by atoms with Crippen LogP contribution >= 0.6 is 12.2 Å². The first-order chi connectivity index (χ1) is 62.4. The van der Waals surface area contributed by atoms with Crippen molar-refractivity contribution in [2.24, 2.45) is 35.5 Å². The van der Waals surface area contributed by atoms with Crippen LogP contribution < -0.4 is 21.1 Å². The van der Waals surface area contributed by atoms with Crippen molar-refractivity contribution in [2.75, 3.05) is 171 Å². The lowest BCUT2D eigenvalue weighted by molar-refractivity contribution is -0.265. The third kappa shape index (κ3) is 33.6. The third-order valence-electron chi connectivity index (χ3n) is 24.4. The van der Waals surface area contributed by atoms with E-state index in [1.54, 1.807) is 60.3 Å². The minimum absolute atomic E-state index is 0.0175. The zero-order valence-corrected chi connectivity index (χ0v) is 79.1. The number of aliphatic hydroxyl groups excluding tert-OH is 1. The van der Waals surface area contributed by atoms with Crippen molar-refractivity contribution >= 4 is 74.1 Å². The summed E-state index contributed by atoms with van der Waals surface area (Å²) < 4.78 is 129. The van der Waals surface area contributed by atoms with Gasteiger partial charge in [-0.3, -0.25) is 28.8 Å². The lowest BCUT2D eigenvalue weighted by atomic mass is 9.78. The highest BCUT2D eigenvalue weighted by Gasteiger charge is 2.53. The fraction of sp³-hybridized carbons (Fsp3) is 0.653. The van der Waals surface area contributed by atoms with Crippen LogP contribution in [0, 0.1) is 48.2 Å². The summed E-state index contributed by atoms with van der Waals surface area (Å²) in [6.07, 6.45) is 12.3. The fourth-order valence-electron chi connectivity index (χ4n) is 16.6. The Hall–Kier alpha value is -7.95. The van der Waals surface area contributed by atoms with Crippen LogP contribution in [-0.4, -0.2) is 300 Å². The predicted molar refractivity (Wildman–Crippen MR) is 486 cm³/mol. The minimum atomic E-state index is -4.19. The number of nitrogens with zero attached hydrogens (tertiary/aromatic N) is 3. The predicted octanol–water partition coefficient (Wildman–Crippen LogP) is 9.32. The van der Waals surface area contributed by atoms with Crippen molar-refractivity contribution in [3.8, 4) is 16.9 Å². The number of amides is 3. The molecule has 2 saturated heterocycles. The van der Waals surface area contributed by atoms with Crippen molar-refractivity contribution < 1.29 is 128 Å². The topological polar surface area (TPSA) is 402 Å². The van der Waals surface area contributed by atoms with E-state index in [9.17, 15) is 52.2 Å². The van der Waals surface area contributed by atoms with Gasteiger partial charge in [0.05, 0.1) is 136 Å². The Morgan fingerprint density at radius 3 is 1.99 bits per heavy atom. The summed E-state index contributed by atoms with van der Waals surface area (Å²) in [6, 6.07) is 10.3. The molecule has 3 amide bonds. The van der Waals surface area contributed by atoms with Crippen LogP contribution in [0.15, 0.2) is 101 Å².